The summed E-state index contributed by atoms with van der Waals surface area (Å²) in [6.45, 7) is 6.01. The molecule has 18 heavy (non-hydrogen) atoms. The Bertz CT molecular complexity index is 410. The fourth-order valence-electron chi connectivity index (χ4n) is 1.59. The summed E-state index contributed by atoms with van der Waals surface area (Å²) in [5, 5.41) is 0. The lowest BCUT2D eigenvalue weighted by Crippen LogP contribution is -2.28. The Hall–Kier alpha value is -1.77. The molecule has 3 heteroatoms. The highest BCUT2D eigenvalue weighted by Gasteiger charge is 2.20. The second-order valence-corrected chi connectivity index (χ2v) is 3.80. The highest BCUT2D eigenvalue weighted by atomic mass is 16.6. The Morgan fingerprint density at radius 3 is 2.67 bits per heavy atom. The summed E-state index contributed by atoms with van der Waals surface area (Å²) < 4.78 is 10.7. The van der Waals surface area contributed by atoms with Crippen molar-refractivity contribution in [3.8, 4) is 5.75 Å². The Morgan fingerprint density at radius 1 is 1.33 bits per heavy atom. The Morgan fingerprint density at radius 2 is 2.06 bits per heavy atom. The molecule has 0 fully saturated rings. The largest absolute Gasteiger partial charge is 0.478 e. The number of hydrogen-bond acceptors (Lipinski definition) is 3. The molecular formula is C15H20O3. The first kappa shape index (κ1) is 14.3. The van der Waals surface area contributed by atoms with Gasteiger partial charge < -0.3 is 9.47 Å². The van der Waals surface area contributed by atoms with Gasteiger partial charge >= 0.3 is 5.97 Å². The molecule has 1 aromatic rings. The van der Waals surface area contributed by atoms with Crippen LogP contribution < -0.4 is 4.74 Å². The summed E-state index contributed by atoms with van der Waals surface area (Å²) in [5.41, 5.74) is 0.961. The molecule has 0 bridgehead atoms. The van der Waals surface area contributed by atoms with Crippen LogP contribution in [-0.4, -0.2) is 18.7 Å². The first-order valence-corrected chi connectivity index (χ1v) is 6.27. The summed E-state index contributed by atoms with van der Waals surface area (Å²) in [4.78, 5) is 11.7. The van der Waals surface area contributed by atoms with Crippen LogP contribution in [0.15, 0.2) is 30.3 Å². The number of rotatable bonds is 6. The van der Waals surface area contributed by atoms with Crippen LogP contribution in [-0.2, 0) is 9.53 Å². The summed E-state index contributed by atoms with van der Waals surface area (Å²) in [6, 6.07) is 7.64. The lowest BCUT2D eigenvalue weighted by Gasteiger charge is -2.17. The molecule has 0 aliphatic heterocycles. The molecule has 0 aromatic heterocycles. The van der Waals surface area contributed by atoms with Crippen LogP contribution in [0, 0.1) is 0 Å². The molecule has 1 rings (SSSR count). The second-order valence-electron chi connectivity index (χ2n) is 3.80. The Labute approximate surface area is 108 Å². The molecule has 0 radical (unpaired) electrons. The van der Waals surface area contributed by atoms with Crippen LogP contribution in [0.25, 0.3) is 6.08 Å². The number of ether oxygens (including phenoxy) is 2. The van der Waals surface area contributed by atoms with Gasteiger partial charge in [0.25, 0.3) is 0 Å². The summed E-state index contributed by atoms with van der Waals surface area (Å²) in [6.07, 6.45) is 3.93. The van der Waals surface area contributed by atoms with Gasteiger partial charge in [0.05, 0.1) is 6.61 Å². The predicted molar refractivity (Wildman–Crippen MR) is 72.5 cm³/mol. The van der Waals surface area contributed by atoms with Crippen LogP contribution in [0.2, 0.25) is 0 Å². The zero-order valence-corrected chi connectivity index (χ0v) is 11.2. The molecule has 0 saturated carbocycles. The average Bonchev–Trinajstić information content (AvgIpc) is 2.38. The van der Waals surface area contributed by atoms with Gasteiger partial charge in [0.2, 0.25) is 0 Å². The number of hydrogen-bond donors (Lipinski definition) is 0. The maximum absolute atomic E-state index is 11.7. The number of esters is 1. The maximum Gasteiger partial charge on any atom is 0.347 e. The second kappa shape index (κ2) is 7.54. The van der Waals surface area contributed by atoms with E-state index in [1.54, 1.807) is 6.92 Å². The zero-order valence-electron chi connectivity index (χ0n) is 11.2. The van der Waals surface area contributed by atoms with Gasteiger partial charge in [-0.05, 0) is 26.3 Å². The van der Waals surface area contributed by atoms with Gasteiger partial charge in [0.15, 0.2) is 6.10 Å². The molecule has 0 amide bonds. The first-order valence-electron chi connectivity index (χ1n) is 6.27. The summed E-state index contributed by atoms with van der Waals surface area (Å²) in [5.74, 6) is 0.394. The van der Waals surface area contributed by atoms with Crippen LogP contribution in [0.5, 0.6) is 5.75 Å². The number of carbonyl (C=O) groups is 1. The first-order chi connectivity index (χ1) is 8.72. The highest BCUT2D eigenvalue weighted by molar-refractivity contribution is 5.75. The van der Waals surface area contributed by atoms with E-state index >= 15 is 0 Å². The van der Waals surface area contributed by atoms with E-state index in [0.717, 1.165) is 5.56 Å². The van der Waals surface area contributed by atoms with E-state index in [2.05, 4.69) is 0 Å². The van der Waals surface area contributed by atoms with Gasteiger partial charge in [-0.3, -0.25) is 0 Å². The molecule has 0 saturated heterocycles. The van der Waals surface area contributed by atoms with Gasteiger partial charge in [-0.2, -0.15) is 0 Å². The fraction of sp³-hybridized carbons (Fsp3) is 0.400. The molecule has 0 heterocycles. The fourth-order valence-corrected chi connectivity index (χ4v) is 1.59. The van der Waals surface area contributed by atoms with Gasteiger partial charge in [-0.15, -0.1) is 0 Å². The quantitative estimate of drug-likeness (QED) is 0.723. The van der Waals surface area contributed by atoms with Crippen molar-refractivity contribution in [3.63, 3.8) is 0 Å². The van der Waals surface area contributed by atoms with Crippen LogP contribution in [0.1, 0.15) is 32.8 Å². The van der Waals surface area contributed by atoms with E-state index in [1.807, 2.05) is 50.3 Å². The molecule has 0 spiro atoms. The van der Waals surface area contributed by atoms with Crippen molar-refractivity contribution in [2.24, 2.45) is 0 Å². The Balaban J connectivity index is 2.84. The molecule has 98 valence electrons. The third kappa shape index (κ3) is 3.91. The van der Waals surface area contributed by atoms with Crippen molar-refractivity contribution < 1.29 is 14.3 Å². The van der Waals surface area contributed by atoms with Crippen molar-refractivity contribution in [3.05, 3.63) is 35.9 Å². The Kier molecular flexibility index (Phi) is 5.98. The highest BCUT2D eigenvalue weighted by Crippen LogP contribution is 2.21. The molecule has 0 aliphatic rings. The lowest BCUT2D eigenvalue weighted by molar-refractivity contribution is -0.151. The number of benzene rings is 1. The number of para-hydroxylation sites is 1. The van der Waals surface area contributed by atoms with Gasteiger partial charge in [0, 0.05) is 5.56 Å². The van der Waals surface area contributed by atoms with Gasteiger partial charge in [-0.25, -0.2) is 4.79 Å². The normalized spacial score (nSPS) is 12.4. The third-order valence-corrected chi connectivity index (χ3v) is 2.45. The van der Waals surface area contributed by atoms with Crippen molar-refractivity contribution in [2.75, 3.05) is 6.61 Å². The number of allylic oxidation sites excluding steroid dienone is 1. The van der Waals surface area contributed by atoms with Crippen LogP contribution >= 0.6 is 0 Å². The molecule has 0 aliphatic carbocycles. The molecular weight excluding hydrogens is 228 g/mol. The monoisotopic (exact) mass is 248 g/mol. The van der Waals surface area contributed by atoms with Crippen molar-refractivity contribution in [1.82, 2.24) is 0 Å². The van der Waals surface area contributed by atoms with E-state index < -0.39 is 6.10 Å². The predicted octanol–water partition coefficient (Wildman–Crippen LogP) is 3.44. The number of carbonyl (C=O) groups excluding carboxylic acids is 1. The maximum atomic E-state index is 11.7. The van der Waals surface area contributed by atoms with Crippen molar-refractivity contribution in [2.45, 2.75) is 33.3 Å². The van der Waals surface area contributed by atoms with E-state index in [1.165, 1.54) is 0 Å². The summed E-state index contributed by atoms with van der Waals surface area (Å²) >= 11 is 0. The minimum absolute atomic E-state index is 0.310. The zero-order chi connectivity index (χ0) is 13.4. The molecule has 3 nitrogen and oxygen atoms in total. The minimum atomic E-state index is -0.545. The smallest absolute Gasteiger partial charge is 0.347 e. The molecule has 1 aromatic carbocycles. The standard InChI is InChI=1S/C15H20O3/c1-4-9-12-10-7-8-11-14(12)18-13(5-2)15(16)17-6-3/h4,7-11,13H,5-6H2,1-3H3. The van der Waals surface area contributed by atoms with Crippen molar-refractivity contribution in [1.29, 1.82) is 0 Å². The van der Waals surface area contributed by atoms with E-state index in [0.29, 0.717) is 18.8 Å². The van der Waals surface area contributed by atoms with E-state index in [4.69, 9.17) is 9.47 Å². The van der Waals surface area contributed by atoms with Crippen LogP contribution in [0.3, 0.4) is 0 Å². The van der Waals surface area contributed by atoms with Gasteiger partial charge in [-0.1, -0.05) is 37.3 Å². The molecule has 1 atom stereocenters. The van der Waals surface area contributed by atoms with E-state index in [-0.39, 0.29) is 5.97 Å². The molecule has 1 unspecified atom stereocenters. The topological polar surface area (TPSA) is 35.5 Å². The minimum Gasteiger partial charge on any atom is -0.478 e. The van der Waals surface area contributed by atoms with Crippen molar-refractivity contribution >= 4 is 12.0 Å². The van der Waals surface area contributed by atoms with E-state index in [9.17, 15) is 4.79 Å². The summed E-state index contributed by atoms with van der Waals surface area (Å²) in [7, 11) is 0. The molecule has 0 N–H and O–H groups in total. The SMILES string of the molecule is CC=Cc1ccccc1OC(CC)C(=O)OCC. The third-order valence-electron chi connectivity index (χ3n) is 2.45. The average molecular weight is 248 g/mol. The lowest BCUT2D eigenvalue weighted by atomic mass is 10.2. The van der Waals surface area contributed by atoms with Crippen LogP contribution in [0.4, 0.5) is 0 Å². The van der Waals surface area contributed by atoms with Gasteiger partial charge in [0.1, 0.15) is 5.75 Å².